The molecule has 1 heterocycles. The summed E-state index contributed by atoms with van der Waals surface area (Å²) in [6, 6.07) is 14.6. The second-order valence-electron chi connectivity index (χ2n) is 5.90. The third-order valence-electron chi connectivity index (χ3n) is 4.23. The van der Waals surface area contributed by atoms with Crippen LogP contribution in [-0.4, -0.2) is 49.6 Å². The number of amides is 1. The summed E-state index contributed by atoms with van der Waals surface area (Å²) in [7, 11) is 0. The molecule has 2 aromatic carbocycles. The Balaban J connectivity index is 1.49. The first kappa shape index (κ1) is 18.7. The number of anilines is 1. The molecular formula is C19H18BrClN2O3. The SMILES string of the molecule is O=C(OCC(=O)N1CCN(c2cccc(Cl)c2)CC1)c1ccccc1Br. The van der Waals surface area contributed by atoms with Crippen LogP contribution in [0.4, 0.5) is 5.69 Å². The van der Waals surface area contributed by atoms with Crippen molar-refractivity contribution < 1.29 is 14.3 Å². The second kappa shape index (κ2) is 8.56. The molecule has 1 aliphatic rings. The Morgan fingerprint density at radius 3 is 2.46 bits per heavy atom. The van der Waals surface area contributed by atoms with Gasteiger partial charge in [-0.25, -0.2) is 4.79 Å². The molecule has 1 aliphatic heterocycles. The summed E-state index contributed by atoms with van der Waals surface area (Å²) in [6.45, 7) is 2.34. The number of nitrogens with zero attached hydrogens (tertiary/aromatic N) is 2. The molecule has 0 spiro atoms. The van der Waals surface area contributed by atoms with Crippen LogP contribution in [0.25, 0.3) is 0 Å². The van der Waals surface area contributed by atoms with Gasteiger partial charge in [0.2, 0.25) is 0 Å². The quantitative estimate of drug-likeness (QED) is 0.686. The molecule has 5 nitrogen and oxygen atoms in total. The van der Waals surface area contributed by atoms with Crippen LogP contribution >= 0.6 is 27.5 Å². The van der Waals surface area contributed by atoms with Gasteiger partial charge in [-0.1, -0.05) is 29.8 Å². The van der Waals surface area contributed by atoms with Crippen LogP contribution in [0.2, 0.25) is 5.02 Å². The lowest BCUT2D eigenvalue weighted by atomic mass is 10.2. The highest BCUT2D eigenvalue weighted by Gasteiger charge is 2.22. The molecule has 136 valence electrons. The summed E-state index contributed by atoms with van der Waals surface area (Å²) in [4.78, 5) is 28.3. The van der Waals surface area contributed by atoms with Crippen LogP contribution in [0.15, 0.2) is 53.0 Å². The highest BCUT2D eigenvalue weighted by Crippen LogP contribution is 2.21. The predicted molar refractivity (Wildman–Crippen MR) is 105 cm³/mol. The number of halogens is 2. The molecular weight excluding hydrogens is 420 g/mol. The van der Waals surface area contributed by atoms with Gasteiger partial charge in [0.05, 0.1) is 5.56 Å². The highest BCUT2D eigenvalue weighted by atomic mass is 79.9. The number of ether oxygens (including phenoxy) is 1. The van der Waals surface area contributed by atoms with E-state index in [-0.39, 0.29) is 12.5 Å². The number of esters is 1. The Bertz CT molecular complexity index is 807. The maximum Gasteiger partial charge on any atom is 0.339 e. The third kappa shape index (κ3) is 4.56. The average molecular weight is 438 g/mol. The van der Waals surface area contributed by atoms with Crippen molar-refractivity contribution >= 4 is 45.1 Å². The lowest BCUT2D eigenvalue weighted by Gasteiger charge is -2.36. The molecule has 0 bridgehead atoms. The Labute approximate surface area is 165 Å². The van der Waals surface area contributed by atoms with Gasteiger partial charge >= 0.3 is 5.97 Å². The summed E-state index contributed by atoms with van der Waals surface area (Å²) in [6.07, 6.45) is 0. The fourth-order valence-electron chi connectivity index (χ4n) is 2.81. The number of benzene rings is 2. The van der Waals surface area contributed by atoms with Crippen molar-refractivity contribution in [3.05, 3.63) is 63.6 Å². The van der Waals surface area contributed by atoms with E-state index >= 15 is 0 Å². The molecule has 0 saturated carbocycles. The van der Waals surface area contributed by atoms with Crippen LogP contribution in [0.3, 0.4) is 0 Å². The zero-order chi connectivity index (χ0) is 18.5. The van der Waals surface area contributed by atoms with E-state index in [9.17, 15) is 9.59 Å². The van der Waals surface area contributed by atoms with Gasteiger partial charge in [-0.15, -0.1) is 0 Å². The largest absolute Gasteiger partial charge is 0.452 e. The maximum atomic E-state index is 12.3. The summed E-state index contributed by atoms with van der Waals surface area (Å²) in [5.74, 6) is -0.695. The minimum Gasteiger partial charge on any atom is -0.452 e. The van der Waals surface area contributed by atoms with Crippen molar-refractivity contribution in [2.24, 2.45) is 0 Å². The van der Waals surface area contributed by atoms with Crippen LogP contribution in [0.5, 0.6) is 0 Å². The van der Waals surface area contributed by atoms with Gasteiger partial charge in [-0.2, -0.15) is 0 Å². The molecule has 1 saturated heterocycles. The van der Waals surface area contributed by atoms with Gasteiger partial charge in [-0.05, 0) is 46.3 Å². The first-order valence-corrected chi connectivity index (χ1v) is 9.41. The Kier molecular flexibility index (Phi) is 6.16. The van der Waals surface area contributed by atoms with Crippen molar-refractivity contribution in [1.82, 2.24) is 4.90 Å². The van der Waals surface area contributed by atoms with Gasteiger partial charge in [0.15, 0.2) is 6.61 Å². The minimum atomic E-state index is -0.511. The number of hydrogen-bond acceptors (Lipinski definition) is 4. The molecule has 0 unspecified atom stereocenters. The Morgan fingerprint density at radius 2 is 1.77 bits per heavy atom. The van der Waals surface area contributed by atoms with E-state index in [0.717, 1.165) is 5.69 Å². The van der Waals surface area contributed by atoms with Crippen LogP contribution in [0.1, 0.15) is 10.4 Å². The number of carbonyl (C=O) groups excluding carboxylic acids is 2. The molecule has 0 N–H and O–H groups in total. The van der Waals surface area contributed by atoms with E-state index in [2.05, 4.69) is 20.8 Å². The van der Waals surface area contributed by atoms with Crippen molar-refractivity contribution in [3.8, 4) is 0 Å². The first-order chi connectivity index (χ1) is 12.5. The fourth-order valence-corrected chi connectivity index (χ4v) is 3.44. The van der Waals surface area contributed by atoms with Crippen molar-refractivity contribution in [2.75, 3.05) is 37.7 Å². The third-order valence-corrected chi connectivity index (χ3v) is 5.15. The highest BCUT2D eigenvalue weighted by molar-refractivity contribution is 9.10. The van der Waals surface area contributed by atoms with Crippen LogP contribution in [-0.2, 0) is 9.53 Å². The number of rotatable bonds is 4. The first-order valence-electron chi connectivity index (χ1n) is 8.24. The van der Waals surface area contributed by atoms with Gasteiger partial charge in [0, 0.05) is 41.4 Å². The van der Waals surface area contributed by atoms with E-state index in [1.807, 2.05) is 30.3 Å². The lowest BCUT2D eigenvalue weighted by Crippen LogP contribution is -2.49. The van der Waals surface area contributed by atoms with Gasteiger partial charge in [0.25, 0.3) is 5.91 Å². The van der Waals surface area contributed by atoms with E-state index in [0.29, 0.717) is 41.2 Å². The zero-order valence-electron chi connectivity index (χ0n) is 14.0. The monoisotopic (exact) mass is 436 g/mol. The molecule has 0 aliphatic carbocycles. The van der Waals surface area contributed by atoms with Crippen molar-refractivity contribution in [3.63, 3.8) is 0 Å². The molecule has 0 atom stereocenters. The molecule has 26 heavy (non-hydrogen) atoms. The average Bonchev–Trinajstić information content (AvgIpc) is 2.66. The minimum absolute atomic E-state index is 0.184. The lowest BCUT2D eigenvalue weighted by molar-refractivity contribution is -0.134. The predicted octanol–water partition coefficient (Wildman–Crippen LogP) is 3.61. The Hall–Kier alpha value is -2.05. The van der Waals surface area contributed by atoms with Gasteiger partial charge < -0.3 is 14.5 Å². The molecule has 7 heteroatoms. The van der Waals surface area contributed by atoms with E-state index in [1.165, 1.54) is 0 Å². The van der Waals surface area contributed by atoms with Crippen LogP contribution in [0, 0.1) is 0 Å². The normalized spacial score (nSPS) is 14.2. The smallest absolute Gasteiger partial charge is 0.339 e. The molecule has 0 radical (unpaired) electrons. The molecule has 2 aromatic rings. The number of hydrogen-bond donors (Lipinski definition) is 0. The molecule has 1 amide bonds. The summed E-state index contributed by atoms with van der Waals surface area (Å²) >= 11 is 9.34. The number of piperazine rings is 1. The van der Waals surface area contributed by atoms with Gasteiger partial charge in [-0.3, -0.25) is 4.79 Å². The second-order valence-corrected chi connectivity index (χ2v) is 7.19. The van der Waals surface area contributed by atoms with Crippen LogP contribution < -0.4 is 4.90 Å². The summed E-state index contributed by atoms with van der Waals surface area (Å²) in [5, 5.41) is 0.694. The Morgan fingerprint density at radius 1 is 1.04 bits per heavy atom. The van der Waals surface area contributed by atoms with Crippen molar-refractivity contribution in [1.29, 1.82) is 0 Å². The number of carbonyl (C=O) groups is 2. The summed E-state index contributed by atoms with van der Waals surface area (Å²) in [5.41, 5.74) is 1.45. The maximum absolute atomic E-state index is 12.3. The van der Waals surface area contributed by atoms with Gasteiger partial charge in [0.1, 0.15) is 0 Å². The van der Waals surface area contributed by atoms with E-state index < -0.39 is 5.97 Å². The standard InChI is InChI=1S/C19H18BrClN2O3/c20-17-7-2-1-6-16(17)19(25)26-13-18(24)23-10-8-22(9-11-23)15-5-3-4-14(21)12-15/h1-7,12H,8-11,13H2. The molecule has 1 fully saturated rings. The van der Waals surface area contributed by atoms with E-state index in [4.69, 9.17) is 16.3 Å². The molecule has 3 rings (SSSR count). The fraction of sp³-hybridized carbons (Fsp3) is 0.263. The van der Waals surface area contributed by atoms with E-state index in [1.54, 1.807) is 23.1 Å². The zero-order valence-corrected chi connectivity index (χ0v) is 16.4. The topological polar surface area (TPSA) is 49.9 Å². The van der Waals surface area contributed by atoms with Crippen molar-refractivity contribution in [2.45, 2.75) is 0 Å². The summed E-state index contributed by atoms with van der Waals surface area (Å²) < 4.78 is 5.81. The molecule has 0 aromatic heterocycles.